The van der Waals surface area contributed by atoms with E-state index in [0.29, 0.717) is 10.3 Å². The fourth-order valence-corrected chi connectivity index (χ4v) is 3.69. The third kappa shape index (κ3) is 4.85. The van der Waals surface area contributed by atoms with Gasteiger partial charge in [-0.3, -0.25) is 14.4 Å². The van der Waals surface area contributed by atoms with E-state index in [2.05, 4.69) is 26.2 Å². The first-order chi connectivity index (χ1) is 14.3. The van der Waals surface area contributed by atoms with Gasteiger partial charge in [0.15, 0.2) is 18.4 Å². The van der Waals surface area contributed by atoms with Gasteiger partial charge >= 0.3 is 17.9 Å². The second kappa shape index (κ2) is 9.35. The first-order valence-electron chi connectivity index (χ1n) is 9.07. The van der Waals surface area contributed by atoms with Crippen molar-refractivity contribution in [2.24, 2.45) is 0 Å². The Morgan fingerprint density at radius 2 is 1.67 bits per heavy atom. The summed E-state index contributed by atoms with van der Waals surface area (Å²) >= 11 is 3.47. The van der Waals surface area contributed by atoms with Crippen molar-refractivity contribution in [2.45, 2.75) is 45.3 Å². The van der Waals surface area contributed by atoms with E-state index in [1.165, 1.54) is 25.5 Å². The van der Waals surface area contributed by atoms with E-state index in [9.17, 15) is 14.4 Å². The van der Waals surface area contributed by atoms with Crippen molar-refractivity contribution in [3.8, 4) is 11.3 Å². The first-order valence-corrected chi connectivity index (χ1v) is 9.86. The highest BCUT2D eigenvalue weighted by molar-refractivity contribution is 9.10. The minimum atomic E-state index is -1.03. The van der Waals surface area contributed by atoms with Crippen LogP contribution in [0, 0.1) is 0 Å². The average molecular weight is 482 g/mol. The topological polar surface area (TPSA) is 119 Å². The quantitative estimate of drug-likeness (QED) is 0.450. The van der Waals surface area contributed by atoms with E-state index in [-0.39, 0.29) is 6.61 Å². The van der Waals surface area contributed by atoms with Gasteiger partial charge in [0.25, 0.3) is 0 Å². The Kier molecular flexibility index (Phi) is 6.83. The van der Waals surface area contributed by atoms with Gasteiger partial charge in [-0.05, 0) is 15.9 Å². The molecule has 3 rings (SSSR count). The van der Waals surface area contributed by atoms with Crippen LogP contribution in [0.3, 0.4) is 0 Å². The summed E-state index contributed by atoms with van der Waals surface area (Å²) in [5, 5.41) is 8.31. The van der Waals surface area contributed by atoms with E-state index in [4.69, 9.17) is 18.9 Å². The van der Waals surface area contributed by atoms with Crippen LogP contribution in [0.4, 0.5) is 0 Å². The zero-order valence-electron chi connectivity index (χ0n) is 16.5. The molecule has 0 radical (unpaired) electrons. The Labute approximate surface area is 180 Å². The smallest absolute Gasteiger partial charge is 0.303 e. The van der Waals surface area contributed by atoms with Crippen molar-refractivity contribution in [3.63, 3.8) is 0 Å². The van der Waals surface area contributed by atoms with Crippen LogP contribution in [0.15, 0.2) is 34.9 Å². The van der Waals surface area contributed by atoms with Crippen molar-refractivity contribution in [2.75, 3.05) is 6.61 Å². The SMILES string of the molecule is CC(=O)OCC1OC(n2nnc(-c3ccccc3)c2Br)C(OC(C)=O)C1OC(C)=O. The maximum absolute atomic E-state index is 11.7. The van der Waals surface area contributed by atoms with Crippen molar-refractivity contribution in [1.29, 1.82) is 0 Å². The number of esters is 3. The van der Waals surface area contributed by atoms with Gasteiger partial charge in [0.05, 0.1) is 0 Å². The molecule has 1 fully saturated rings. The number of ether oxygens (including phenoxy) is 4. The molecule has 2 heterocycles. The van der Waals surface area contributed by atoms with Crippen LogP contribution in [0.1, 0.15) is 27.0 Å². The van der Waals surface area contributed by atoms with Gasteiger partial charge in [-0.15, -0.1) is 5.10 Å². The number of nitrogens with zero attached hydrogens (tertiary/aromatic N) is 3. The van der Waals surface area contributed by atoms with Crippen LogP contribution >= 0.6 is 15.9 Å². The van der Waals surface area contributed by atoms with Gasteiger partial charge in [-0.25, -0.2) is 4.68 Å². The molecular weight excluding hydrogens is 462 g/mol. The lowest BCUT2D eigenvalue weighted by Gasteiger charge is -2.23. The Balaban J connectivity index is 1.97. The molecular formula is C19H20BrN3O7. The first kappa shape index (κ1) is 21.9. The Morgan fingerprint density at radius 1 is 1.03 bits per heavy atom. The third-order valence-corrected chi connectivity index (χ3v) is 5.01. The largest absolute Gasteiger partial charge is 0.463 e. The summed E-state index contributed by atoms with van der Waals surface area (Å²) in [4.78, 5) is 34.6. The van der Waals surface area contributed by atoms with Crippen molar-refractivity contribution in [1.82, 2.24) is 15.0 Å². The van der Waals surface area contributed by atoms with Crippen LogP contribution in [-0.2, 0) is 33.3 Å². The number of hydrogen-bond donors (Lipinski definition) is 0. The van der Waals surface area contributed by atoms with E-state index in [0.717, 1.165) is 5.56 Å². The van der Waals surface area contributed by atoms with Gasteiger partial charge in [0.1, 0.15) is 23.0 Å². The summed E-state index contributed by atoms with van der Waals surface area (Å²) in [6.07, 6.45) is -3.89. The molecule has 0 aliphatic carbocycles. The molecule has 1 aliphatic heterocycles. The number of hydrogen-bond acceptors (Lipinski definition) is 9. The second-order valence-corrected chi connectivity index (χ2v) is 7.31. The normalized spacial score (nSPS) is 23.1. The zero-order chi connectivity index (χ0) is 21.8. The molecule has 0 N–H and O–H groups in total. The molecule has 10 nitrogen and oxygen atoms in total. The fourth-order valence-electron chi connectivity index (χ4n) is 3.11. The number of carbonyl (C=O) groups is 3. The molecule has 1 saturated heterocycles. The molecule has 11 heteroatoms. The molecule has 1 aromatic carbocycles. The standard InChI is InChI=1S/C19H20BrN3O7/c1-10(24)27-9-14-16(28-11(2)25)17(29-12(3)26)19(30-14)23-18(20)15(21-22-23)13-7-5-4-6-8-13/h4-8,14,16-17,19H,9H2,1-3H3. The van der Waals surface area contributed by atoms with Crippen molar-refractivity contribution < 1.29 is 33.3 Å². The van der Waals surface area contributed by atoms with Gasteiger partial charge in [-0.1, -0.05) is 35.5 Å². The molecule has 0 amide bonds. The van der Waals surface area contributed by atoms with Crippen LogP contribution in [-0.4, -0.2) is 57.8 Å². The fraction of sp³-hybridized carbons (Fsp3) is 0.421. The summed E-state index contributed by atoms with van der Waals surface area (Å²) in [6, 6.07) is 9.33. The molecule has 2 aromatic rings. The van der Waals surface area contributed by atoms with Gasteiger partial charge in [0.2, 0.25) is 0 Å². The number of aromatic nitrogens is 3. The van der Waals surface area contributed by atoms with Crippen LogP contribution in [0.2, 0.25) is 0 Å². The monoisotopic (exact) mass is 481 g/mol. The van der Waals surface area contributed by atoms with Crippen molar-refractivity contribution >= 4 is 33.8 Å². The van der Waals surface area contributed by atoms with Crippen LogP contribution in [0.25, 0.3) is 11.3 Å². The van der Waals surface area contributed by atoms with E-state index < -0.39 is 42.4 Å². The molecule has 4 atom stereocenters. The number of carbonyl (C=O) groups excluding carboxylic acids is 3. The summed E-state index contributed by atoms with van der Waals surface area (Å²) in [5.74, 6) is -1.73. The molecule has 0 spiro atoms. The molecule has 0 saturated carbocycles. The lowest BCUT2D eigenvalue weighted by Crippen LogP contribution is -2.40. The predicted octanol–water partition coefficient (Wildman–Crippen LogP) is 2.03. The van der Waals surface area contributed by atoms with Crippen molar-refractivity contribution in [3.05, 3.63) is 34.9 Å². The zero-order valence-corrected chi connectivity index (χ0v) is 18.1. The Morgan fingerprint density at radius 3 is 2.27 bits per heavy atom. The lowest BCUT2D eigenvalue weighted by molar-refractivity contribution is -0.166. The number of benzene rings is 1. The summed E-state index contributed by atoms with van der Waals surface area (Å²) in [6.45, 7) is 3.50. The van der Waals surface area contributed by atoms with Gasteiger partial charge in [-0.2, -0.15) is 0 Å². The lowest BCUT2D eigenvalue weighted by atomic mass is 10.1. The number of halogens is 1. The second-order valence-electron chi connectivity index (χ2n) is 6.56. The minimum Gasteiger partial charge on any atom is -0.463 e. The highest BCUT2D eigenvalue weighted by atomic mass is 79.9. The highest BCUT2D eigenvalue weighted by Crippen LogP contribution is 2.37. The number of rotatable bonds is 6. The Hall–Kier alpha value is -2.79. The minimum absolute atomic E-state index is 0.195. The third-order valence-electron chi connectivity index (χ3n) is 4.27. The van der Waals surface area contributed by atoms with Gasteiger partial charge < -0.3 is 18.9 Å². The Bertz CT molecular complexity index is 933. The molecule has 0 bridgehead atoms. The molecule has 30 heavy (non-hydrogen) atoms. The predicted molar refractivity (Wildman–Crippen MR) is 105 cm³/mol. The van der Waals surface area contributed by atoms with E-state index >= 15 is 0 Å². The van der Waals surface area contributed by atoms with Crippen LogP contribution < -0.4 is 0 Å². The highest BCUT2D eigenvalue weighted by Gasteiger charge is 2.51. The van der Waals surface area contributed by atoms with E-state index in [1.807, 2.05) is 30.3 Å². The average Bonchev–Trinajstić information content (AvgIpc) is 3.21. The maximum Gasteiger partial charge on any atom is 0.303 e. The summed E-state index contributed by atoms with van der Waals surface area (Å²) in [5.41, 5.74) is 1.36. The summed E-state index contributed by atoms with van der Waals surface area (Å²) < 4.78 is 23.6. The summed E-state index contributed by atoms with van der Waals surface area (Å²) in [7, 11) is 0. The van der Waals surface area contributed by atoms with Crippen LogP contribution in [0.5, 0.6) is 0 Å². The molecule has 4 unspecified atom stereocenters. The molecule has 1 aliphatic rings. The maximum atomic E-state index is 11.7. The molecule has 160 valence electrons. The van der Waals surface area contributed by atoms with Gasteiger partial charge in [0, 0.05) is 26.3 Å². The molecule has 1 aromatic heterocycles. The van der Waals surface area contributed by atoms with E-state index in [1.54, 1.807) is 0 Å².